The van der Waals surface area contributed by atoms with Gasteiger partial charge in [0.15, 0.2) is 0 Å². The Morgan fingerprint density at radius 1 is 1.35 bits per heavy atom. The Bertz CT molecular complexity index is 631. The summed E-state index contributed by atoms with van der Waals surface area (Å²) in [6, 6.07) is 3.02. The summed E-state index contributed by atoms with van der Waals surface area (Å²) >= 11 is 0. The molecule has 2 aliphatic heterocycles. The molecule has 2 N–H and O–H groups in total. The van der Waals surface area contributed by atoms with Crippen LogP contribution in [0.1, 0.15) is 39.2 Å². The van der Waals surface area contributed by atoms with Crippen molar-refractivity contribution < 1.29 is 18.7 Å². The van der Waals surface area contributed by atoms with Gasteiger partial charge in [0.1, 0.15) is 17.2 Å². The average molecular weight is 322 g/mol. The lowest BCUT2D eigenvalue weighted by atomic mass is 9.74. The van der Waals surface area contributed by atoms with Crippen LogP contribution < -0.4 is 10.5 Å². The zero-order valence-electron chi connectivity index (χ0n) is 13.8. The molecule has 6 heteroatoms. The summed E-state index contributed by atoms with van der Waals surface area (Å²) in [4.78, 5) is 13.8. The first kappa shape index (κ1) is 15.9. The molecule has 0 aromatic heterocycles. The van der Waals surface area contributed by atoms with Gasteiger partial charge in [-0.05, 0) is 39.7 Å². The van der Waals surface area contributed by atoms with Crippen molar-refractivity contribution in [2.45, 2.75) is 44.6 Å². The minimum Gasteiger partial charge on any atom is -0.492 e. The third-order valence-corrected chi connectivity index (χ3v) is 4.48. The highest BCUT2D eigenvalue weighted by molar-refractivity contribution is 5.68. The van der Waals surface area contributed by atoms with Crippen LogP contribution >= 0.6 is 0 Å². The summed E-state index contributed by atoms with van der Waals surface area (Å²) in [5.74, 6) is 0.219. The van der Waals surface area contributed by atoms with Crippen LogP contribution in [0.4, 0.5) is 14.9 Å². The second-order valence-electron chi connectivity index (χ2n) is 7.41. The summed E-state index contributed by atoms with van der Waals surface area (Å²) in [6.07, 6.45) is 0.990. The van der Waals surface area contributed by atoms with E-state index in [9.17, 15) is 9.18 Å². The first-order chi connectivity index (χ1) is 10.7. The highest BCUT2D eigenvalue weighted by Gasteiger charge is 2.46. The van der Waals surface area contributed by atoms with Crippen LogP contribution in [0.25, 0.3) is 0 Å². The van der Waals surface area contributed by atoms with Crippen molar-refractivity contribution in [3.8, 4) is 5.75 Å². The molecule has 23 heavy (non-hydrogen) atoms. The lowest BCUT2D eigenvalue weighted by Gasteiger charge is -2.38. The zero-order valence-corrected chi connectivity index (χ0v) is 13.8. The van der Waals surface area contributed by atoms with Crippen LogP contribution in [0, 0.1) is 5.82 Å². The fourth-order valence-electron chi connectivity index (χ4n) is 3.36. The number of hydrogen-bond donors (Lipinski definition) is 1. The van der Waals surface area contributed by atoms with Crippen LogP contribution in [-0.4, -0.2) is 36.3 Å². The first-order valence-corrected chi connectivity index (χ1v) is 7.90. The van der Waals surface area contributed by atoms with Crippen LogP contribution in [0.2, 0.25) is 0 Å². The predicted octanol–water partition coefficient (Wildman–Crippen LogP) is 3.07. The van der Waals surface area contributed by atoms with Crippen molar-refractivity contribution in [1.82, 2.24) is 4.90 Å². The molecule has 0 saturated carbocycles. The second kappa shape index (κ2) is 5.28. The predicted molar refractivity (Wildman–Crippen MR) is 85.0 cm³/mol. The molecule has 0 radical (unpaired) electrons. The van der Waals surface area contributed by atoms with Gasteiger partial charge >= 0.3 is 6.09 Å². The molecule has 0 unspecified atom stereocenters. The number of carbonyl (C=O) groups excluding carboxylic acids is 1. The van der Waals surface area contributed by atoms with Crippen LogP contribution in [0.5, 0.6) is 5.75 Å². The van der Waals surface area contributed by atoms with Gasteiger partial charge in [-0.2, -0.15) is 0 Å². The average Bonchev–Trinajstić information content (AvgIpc) is 2.76. The molecule has 1 aromatic carbocycles. The summed E-state index contributed by atoms with van der Waals surface area (Å²) in [5.41, 5.74) is 5.77. The molecular weight excluding hydrogens is 299 g/mol. The Morgan fingerprint density at radius 3 is 2.61 bits per heavy atom. The lowest BCUT2D eigenvalue weighted by Crippen LogP contribution is -2.47. The van der Waals surface area contributed by atoms with E-state index in [1.807, 2.05) is 20.8 Å². The molecule has 1 spiro atoms. The van der Waals surface area contributed by atoms with E-state index in [-0.39, 0.29) is 17.3 Å². The fourth-order valence-corrected chi connectivity index (χ4v) is 3.36. The van der Waals surface area contributed by atoms with Gasteiger partial charge in [0, 0.05) is 35.8 Å². The van der Waals surface area contributed by atoms with Crippen LogP contribution in [0.15, 0.2) is 12.1 Å². The van der Waals surface area contributed by atoms with E-state index < -0.39 is 5.60 Å². The molecule has 2 aliphatic rings. The van der Waals surface area contributed by atoms with Crippen molar-refractivity contribution in [3.05, 3.63) is 23.5 Å². The second-order valence-corrected chi connectivity index (χ2v) is 7.41. The van der Waals surface area contributed by atoms with Crippen molar-refractivity contribution in [1.29, 1.82) is 0 Å². The van der Waals surface area contributed by atoms with Gasteiger partial charge in [0.25, 0.3) is 0 Å². The third kappa shape index (κ3) is 2.94. The molecule has 1 aromatic rings. The number of ether oxygens (including phenoxy) is 2. The Morgan fingerprint density at radius 2 is 2.00 bits per heavy atom. The monoisotopic (exact) mass is 322 g/mol. The number of carbonyl (C=O) groups is 1. The Kier molecular flexibility index (Phi) is 3.65. The summed E-state index contributed by atoms with van der Waals surface area (Å²) in [6.45, 7) is 7.03. The van der Waals surface area contributed by atoms with Gasteiger partial charge < -0.3 is 20.1 Å². The lowest BCUT2D eigenvalue weighted by molar-refractivity contribution is 0.0151. The summed E-state index contributed by atoms with van der Waals surface area (Å²) < 4.78 is 25.5. The molecule has 1 amide bonds. The number of nitrogens with two attached hydrogens (primary N) is 1. The topological polar surface area (TPSA) is 64.8 Å². The molecule has 1 fully saturated rings. The van der Waals surface area contributed by atoms with Crippen molar-refractivity contribution >= 4 is 11.8 Å². The number of fused-ring (bicyclic) bond motifs is 2. The summed E-state index contributed by atoms with van der Waals surface area (Å²) in [5, 5.41) is 0. The zero-order chi connectivity index (χ0) is 16.8. The highest BCUT2D eigenvalue weighted by Crippen LogP contribution is 2.47. The largest absolute Gasteiger partial charge is 0.492 e. The minimum atomic E-state index is -0.515. The molecule has 5 nitrogen and oxygen atoms in total. The third-order valence-electron chi connectivity index (χ3n) is 4.48. The molecule has 0 bridgehead atoms. The number of halogens is 1. The number of rotatable bonds is 0. The molecule has 3 rings (SSSR count). The van der Waals surface area contributed by atoms with E-state index in [0.717, 1.165) is 0 Å². The maximum atomic E-state index is 14.4. The molecule has 0 atom stereocenters. The standard InChI is InChI=1S/C17H23FN2O3/c1-16(2,3)23-15(21)20-6-4-17(5-7-20)10-22-13-9-11(19)8-12(18)14(13)17/h8-9H,4-7,10,19H2,1-3H3. The van der Waals surface area contributed by atoms with Crippen molar-refractivity contribution in [2.75, 3.05) is 25.4 Å². The van der Waals surface area contributed by atoms with Crippen molar-refractivity contribution in [3.63, 3.8) is 0 Å². The van der Waals surface area contributed by atoms with Gasteiger partial charge in [-0.1, -0.05) is 0 Å². The van der Waals surface area contributed by atoms with E-state index in [1.165, 1.54) is 6.07 Å². The Labute approximate surface area is 135 Å². The first-order valence-electron chi connectivity index (χ1n) is 7.90. The number of likely N-dealkylation sites (tertiary alicyclic amines) is 1. The van der Waals surface area contributed by atoms with E-state index in [2.05, 4.69) is 0 Å². The quantitative estimate of drug-likeness (QED) is 0.746. The van der Waals surface area contributed by atoms with E-state index >= 15 is 0 Å². The molecule has 1 saturated heterocycles. The molecule has 126 valence electrons. The Hall–Kier alpha value is -1.98. The normalized spacial score (nSPS) is 19.4. The number of nitrogens with zero attached hydrogens (tertiary/aromatic N) is 1. The van der Waals surface area contributed by atoms with E-state index in [4.69, 9.17) is 15.2 Å². The maximum Gasteiger partial charge on any atom is 0.410 e. The molecular formula is C17H23FN2O3. The number of benzene rings is 1. The molecule has 2 heterocycles. The smallest absolute Gasteiger partial charge is 0.410 e. The van der Waals surface area contributed by atoms with E-state index in [0.29, 0.717) is 49.5 Å². The van der Waals surface area contributed by atoms with Crippen LogP contribution in [-0.2, 0) is 10.2 Å². The SMILES string of the molecule is CC(C)(C)OC(=O)N1CCC2(CC1)COc1cc(N)cc(F)c12. The highest BCUT2D eigenvalue weighted by atomic mass is 19.1. The van der Waals surface area contributed by atoms with E-state index in [1.54, 1.807) is 11.0 Å². The molecule has 0 aliphatic carbocycles. The van der Waals surface area contributed by atoms with Gasteiger partial charge in [-0.25, -0.2) is 9.18 Å². The van der Waals surface area contributed by atoms with Crippen LogP contribution in [0.3, 0.4) is 0 Å². The maximum absolute atomic E-state index is 14.4. The number of hydrogen-bond acceptors (Lipinski definition) is 4. The number of amides is 1. The van der Waals surface area contributed by atoms with Gasteiger partial charge in [-0.15, -0.1) is 0 Å². The van der Waals surface area contributed by atoms with Gasteiger partial charge in [0.05, 0.1) is 6.61 Å². The minimum absolute atomic E-state index is 0.315. The summed E-state index contributed by atoms with van der Waals surface area (Å²) in [7, 11) is 0. The number of nitrogen functional groups attached to an aromatic ring is 1. The fraction of sp³-hybridized carbons (Fsp3) is 0.588. The van der Waals surface area contributed by atoms with Gasteiger partial charge in [-0.3, -0.25) is 0 Å². The number of piperidine rings is 1. The van der Waals surface area contributed by atoms with Gasteiger partial charge in [0.2, 0.25) is 0 Å². The van der Waals surface area contributed by atoms with Crippen molar-refractivity contribution in [2.24, 2.45) is 0 Å². The Balaban J connectivity index is 1.75. The number of anilines is 1.